The number of amides is 2. The van der Waals surface area contributed by atoms with Crippen LogP contribution in [0.5, 0.6) is 0 Å². The van der Waals surface area contributed by atoms with Crippen molar-refractivity contribution in [3.8, 4) is 0 Å². The molecule has 16 heteroatoms. The Hall–Kier alpha value is -5.22. The monoisotopic (exact) mass is 814 g/mol. The average molecular weight is 815 g/mol. The Labute approximate surface area is 330 Å². The molecule has 58 heavy (non-hydrogen) atoms. The van der Waals surface area contributed by atoms with Crippen LogP contribution < -0.4 is 10.6 Å². The summed E-state index contributed by atoms with van der Waals surface area (Å²) in [7, 11) is 0. The second kappa shape index (κ2) is 16.2. The molecular weight excluding hydrogens is 770 g/mol. The van der Waals surface area contributed by atoms with E-state index in [4.69, 9.17) is 9.47 Å². The normalized spacial score (nSPS) is 22.1. The maximum atomic E-state index is 14.0. The van der Waals surface area contributed by atoms with Gasteiger partial charge in [-0.05, 0) is 59.1 Å². The molecule has 310 valence electrons. The van der Waals surface area contributed by atoms with Crippen LogP contribution in [-0.4, -0.2) is 85.2 Å². The summed E-state index contributed by atoms with van der Waals surface area (Å²) in [5.41, 5.74) is -2.64. The number of carbonyl (C=O) groups is 4. The molecule has 2 saturated heterocycles. The summed E-state index contributed by atoms with van der Waals surface area (Å²) in [5, 5.41) is 9.19. The number of benzene rings is 4. The molecule has 6 atom stereocenters. The Morgan fingerprint density at radius 3 is 1.28 bits per heavy atom. The number of hydrogen-bond donors (Lipinski definition) is 2. The van der Waals surface area contributed by atoms with Crippen LogP contribution >= 0.6 is 0 Å². The minimum absolute atomic E-state index is 0.00639. The number of ether oxygens (including phenoxy) is 2. The first-order valence-corrected chi connectivity index (χ1v) is 18.8. The van der Waals surface area contributed by atoms with Crippen molar-refractivity contribution in [3.05, 3.63) is 96.1 Å². The van der Waals surface area contributed by atoms with Gasteiger partial charge in [0, 0.05) is 50.4 Å². The zero-order valence-corrected chi connectivity index (χ0v) is 32.2. The van der Waals surface area contributed by atoms with Crippen molar-refractivity contribution in [3.63, 3.8) is 0 Å². The molecule has 0 aliphatic carbocycles. The van der Waals surface area contributed by atoms with Gasteiger partial charge in [0.25, 0.3) is 0 Å². The fourth-order valence-corrected chi connectivity index (χ4v) is 8.05. The van der Waals surface area contributed by atoms with Gasteiger partial charge in [0.05, 0.1) is 0 Å². The Bertz CT molecular complexity index is 2040. The maximum absolute atomic E-state index is 14.0. The van der Waals surface area contributed by atoms with Gasteiger partial charge in [-0.1, -0.05) is 98.8 Å². The van der Waals surface area contributed by atoms with E-state index in [1.165, 1.54) is 13.8 Å². The van der Waals surface area contributed by atoms with Crippen molar-refractivity contribution in [2.45, 2.75) is 51.5 Å². The summed E-state index contributed by atoms with van der Waals surface area (Å²) in [6.45, 7) is 5.78. The molecule has 6 rings (SSSR count). The van der Waals surface area contributed by atoms with E-state index < -0.39 is 59.4 Å². The fraction of sp³-hybridized carbons (Fsp3) is 0.429. The van der Waals surface area contributed by atoms with Gasteiger partial charge in [0.1, 0.15) is 0 Å². The first kappa shape index (κ1) is 42.4. The first-order chi connectivity index (χ1) is 27.2. The summed E-state index contributed by atoms with van der Waals surface area (Å²) in [6, 6.07) is 24.9. The topological polar surface area (TPSA) is 117 Å². The van der Waals surface area contributed by atoms with Crippen LogP contribution in [0.15, 0.2) is 84.9 Å². The van der Waals surface area contributed by atoms with Gasteiger partial charge in [-0.2, -0.15) is 26.3 Å². The zero-order valence-electron chi connectivity index (χ0n) is 32.2. The molecule has 2 amide bonds. The van der Waals surface area contributed by atoms with Gasteiger partial charge in [0.15, 0.2) is 11.4 Å². The molecule has 10 nitrogen and oxygen atoms in total. The van der Waals surface area contributed by atoms with E-state index in [2.05, 4.69) is 10.6 Å². The van der Waals surface area contributed by atoms with Crippen LogP contribution in [0.3, 0.4) is 0 Å². The number of rotatable bonds is 10. The van der Waals surface area contributed by atoms with Crippen molar-refractivity contribution in [2.24, 2.45) is 23.7 Å². The van der Waals surface area contributed by atoms with Crippen LogP contribution in [-0.2, 0) is 40.1 Å². The lowest BCUT2D eigenvalue weighted by Crippen LogP contribution is -2.50. The highest BCUT2D eigenvalue weighted by atomic mass is 19.4. The van der Waals surface area contributed by atoms with E-state index in [0.717, 1.165) is 20.6 Å². The molecule has 2 aliphatic rings. The van der Waals surface area contributed by atoms with Gasteiger partial charge < -0.3 is 19.3 Å². The Balaban J connectivity index is 1.27. The molecule has 2 aliphatic heterocycles. The number of hydrogen-bond acceptors (Lipinski definition) is 8. The van der Waals surface area contributed by atoms with Gasteiger partial charge in [-0.15, -0.1) is 0 Å². The van der Waals surface area contributed by atoms with Crippen molar-refractivity contribution in [2.75, 3.05) is 39.3 Å². The van der Waals surface area contributed by atoms with E-state index in [-0.39, 0.29) is 51.1 Å². The average Bonchev–Trinajstić information content (AvgIpc) is 3.75. The minimum atomic E-state index is -5.04. The number of esters is 2. The van der Waals surface area contributed by atoms with Gasteiger partial charge in [-0.3, -0.25) is 20.2 Å². The zero-order chi connectivity index (χ0) is 42.2. The van der Waals surface area contributed by atoms with Crippen LogP contribution in [0.25, 0.3) is 21.5 Å². The highest BCUT2D eigenvalue weighted by molar-refractivity contribution is 6.30. The lowest BCUT2D eigenvalue weighted by Gasteiger charge is -2.35. The highest BCUT2D eigenvalue weighted by Gasteiger charge is 2.48. The Morgan fingerprint density at radius 1 is 0.569 bits per heavy atom. The SMILES string of the molecule is CC1CN(C(=O)C(F)(F)F)CC1CN[C@](C)(OC(=O)C(=O)O[C@@](C)(NCC1CN(C(=O)C(F)(F)F)CC1C)c1cccc2ccccc12)c1cccc2ccccc12. The summed E-state index contributed by atoms with van der Waals surface area (Å²) in [6.07, 6.45) is -10.1. The standard InChI is InChI=1S/C42H44F6N4O6/c1-25-21-51(37(55)41(43,44)45)23-29(25)19-49-39(3,33-17-9-13-27-11-5-7-15-31(27)33)57-35(53)36(54)58-40(4,34-18-10-14-28-12-6-8-16-32(28)34)50-20-30-24-52(22-26(30)2)38(56)42(46,47)48/h5-18,25-26,29-30,49-50H,19-24H2,1-4H3/t25?,26?,29?,30?,39-,40-/m1/s1. The van der Waals surface area contributed by atoms with E-state index in [1.807, 2.05) is 36.4 Å². The van der Waals surface area contributed by atoms with Crippen molar-refractivity contribution < 1.29 is 55.0 Å². The molecule has 2 fully saturated rings. The number of likely N-dealkylation sites (tertiary alicyclic amines) is 2. The quantitative estimate of drug-likeness (QED) is 0.0795. The number of alkyl halides is 6. The molecule has 0 bridgehead atoms. The second-order valence-corrected chi connectivity index (χ2v) is 15.6. The number of nitrogens with one attached hydrogen (secondary N) is 2. The molecular formula is C42H44F6N4O6. The number of carbonyl (C=O) groups excluding carboxylic acids is 4. The molecule has 4 aromatic rings. The lowest BCUT2D eigenvalue weighted by molar-refractivity contribution is -0.190. The number of halogens is 6. The van der Waals surface area contributed by atoms with Gasteiger partial charge in [0.2, 0.25) is 0 Å². The molecule has 0 spiro atoms. The van der Waals surface area contributed by atoms with Crippen LogP contribution in [0.2, 0.25) is 0 Å². The van der Waals surface area contributed by atoms with Crippen LogP contribution in [0, 0.1) is 23.7 Å². The van der Waals surface area contributed by atoms with Crippen molar-refractivity contribution in [1.29, 1.82) is 0 Å². The van der Waals surface area contributed by atoms with Crippen LogP contribution in [0.1, 0.15) is 38.8 Å². The van der Waals surface area contributed by atoms with Crippen molar-refractivity contribution >= 4 is 45.3 Å². The fourth-order valence-electron chi connectivity index (χ4n) is 8.05. The smallest absolute Gasteiger partial charge is 0.431 e. The Kier molecular flexibility index (Phi) is 11.8. The maximum Gasteiger partial charge on any atom is 0.471 e. The minimum Gasteiger partial charge on any atom is -0.431 e. The summed E-state index contributed by atoms with van der Waals surface area (Å²) >= 11 is 0. The second-order valence-electron chi connectivity index (χ2n) is 15.6. The molecule has 2 heterocycles. The van der Waals surface area contributed by atoms with Crippen molar-refractivity contribution in [1.82, 2.24) is 20.4 Å². The van der Waals surface area contributed by atoms with E-state index in [9.17, 15) is 45.5 Å². The third kappa shape index (κ3) is 8.92. The number of nitrogens with zero attached hydrogens (tertiary/aromatic N) is 2. The summed E-state index contributed by atoms with van der Waals surface area (Å²) in [4.78, 5) is 53.6. The van der Waals surface area contributed by atoms with E-state index in [0.29, 0.717) is 21.9 Å². The van der Waals surface area contributed by atoms with Crippen LogP contribution in [0.4, 0.5) is 26.3 Å². The molecule has 4 unspecified atom stereocenters. The number of fused-ring (bicyclic) bond motifs is 2. The lowest BCUT2D eigenvalue weighted by atomic mass is 9.94. The molecule has 4 aromatic carbocycles. The van der Waals surface area contributed by atoms with Gasteiger partial charge >= 0.3 is 36.1 Å². The predicted octanol–water partition coefficient (Wildman–Crippen LogP) is 6.62. The summed E-state index contributed by atoms with van der Waals surface area (Å²) in [5.74, 6) is -8.39. The largest absolute Gasteiger partial charge is 0.471 e. The van der Waals surface area contributed by atoms with E-state index >= 15 is 0 Å². The predicted molar refractivity (Wildman–Crippen MR) is 201 cm³/mol. The summed E-state index contributed by atoms with van der Waals surface area (Å²) < 4.78 is 91.7. The Morgan fingerprint density at radius 2 is 0.914 bits per heavy atom. The molecule has 0 aromatic heterocycles. The van der Waals surface area contributed by atoms with Gasteiger partial charge in [-0.25, -0.2) is 9.59 Å². The molecule has 2 N–H and O–H groups in total. The van der Waals surface area contributed by atoms with E-state index in [1.54, 1.807) is 62.4 Å². The molecule has 0 radical (unpaired) electrons. The molecule has 0 saturated carbocycles. The first-order valence-electron chi connectivity index (χ1n) is 18.8. The highest BCUT2D eigenvalue weighted by Crippen LogP contribution is 2.36. The third-order valence-electron chi connectivity index (χ3n) is 11.4. The third-order valence-corrected chi connectivity index (χ3v) is 11.4.